The molecule has 0 bridgehead atoms. The SMILES string of the molecule is COC(=O)C1=C(C(=O)OC)N(c2cccc(-c3cccc(Cl)c3)c2)COC1. The van der Waals surface area contributed by atoms with Crippen LogP contribution in [0.4, 0.5) is 5.69 Å². The highest BCUT2D eigenvalue weighted by atomic mass is 35.5. The lowest BCUT2D eigenvalue weighted by Crippen LogP contribution is -2.38. The predicted molar refractivity (Wildman–Crippen MR) is 101 cm³/mol. The number of hydrogen-bond acceptors (Lipinski definition) is 6. The molecule has 0 N–H and O–H groups in total. The first kappa shape index (κ1) is 18.9. The van der Waals surface area contributed by atoms with Gasteiger partial charge in [0.1, 0.15) is 12.4 Å². The molecule has 3 rings (SSSR count). The van der Waals surface area contributed by atoms with E-state index in [9.17, 15) is 9.59 Å². The largest absolute Gasteiger partial charge is 0.466 e. The summed E-state index contributed by atoms with van der Waals surface area (Å²) >= 11 is 6.09. The molecule has 0 radical (unpaired) electrons. The van der Waals surface area contributed by atoms with E-state index in [1.54, 1.807) is 11.0 Å². The number of ether oxygens (including phenoxy) is 3. The molecule has 1 aliphatic heterocycles. The number of methoxy groups -OCH3 is 2. The van der Waals surface area contributed by atoms with Crippen molar-refractivity contribution in [3.05, 3.63) is 64.8 Å². The molecule has 0 saturated carbocycles. The molecule has 2 aromatic carbocycles. The Morgan fingerprint density at radius 1 is 1.00 bits per heavy atom. The maximum Gasteiger partial charge on any atom is 0.355 e. The lowest BCUT2D eigenvalue weighted by atomic mass is 10.0. The molecule has 1 heterocycles. The monoisotopic (exact) mass is 387 g/mol. The first-order valence-electron chi connectivity index (χ1n) is 8.16. The van der Waals surface area contributed by atoms with Crippen LogP contribution in [-0.4, -0.2) is 39.5 Å². The topological polar surface area (TPSA) is 65.1 Å². The van der Waals surface area contributed by atoms with E-state index >= 15 is 0 Å². The zero-order valence-corrected chi connectivity index (χ0v) is 15.7. The van der Waals surface area contributed by atoms with Crippen LogP contribution in [0, 0.1) is 0 Å². The fraction of sp³-hybridized carbons (Fsp3) is 0.200. The molecule has 7 heteroatoms. The molecule has 2 aromatic rings. The van der Waals surface area contributed by atoms with Gasteiger partial charge in [-0.2, -0.15) is 0 Å². The standard InChI is InChI=1S/C20H18ClNO5/c1-25-19(23)17-11-27-12-22(18(17)20(24)26-2)16-8-4-6-14(10-16)13-5-3-7-15(21)9-13/h3-10H,11-12H2,1-2H3. The highest BCUT2D eigenvalue weighted by Crippen LogP contribution is 2.31. The number of rotatable bonds is 4. The van der Waals surface area contributed by atoms with E-state index in [-0.39, 0.29) is 24.6 Å². The van der Waals surface area contributed by atoms with Crippen LogP contribution in [0.1, 0.15) is 0 Å². The summed E-state index contributed by atoms with van der Waals surface area (Å²) < 4.78 is 15.2. The van der Waals surface area contributed by atoms with Gasteiger partial charge in [-0.25, -0.2) is 9.59 Å². The number of benzene rings is 2. The van der Waals surface area contributed by atoms with Gasteiger partial charge in [-0.3, -0.25) is 0 Å². The number of carbonyl (C=O) groups excluding carboxylic acids is 2. The van der Waals surface area contributed by atoms with Crippen molar-refractivity contribution in [2.45, 2.75) is 0 Å². The Bertz CT molecular complexity index is 909. The molecule has 6 nitrogen and oxygen atoms in total. The molecule has 0 fully saturated rings. The second kappa shape index (κ2) is 8.24. The van der Waals surface area contributed by atoms with Crippen LogP contribution in [-0.2, 0) is 23.8 Å². The molecular formula is C20H18ClNO5. The average Bonchev–Trinajstić information content (AvgIpc) is 2.72. The van der Waals surface area contributed by atoms with Crippen LogP contribution >= 0.6 is 11.6 Å². The second-order valence-corrected chi connectivity index (χ2v) is 6.21. The maximum atomic E-state index is 12.4. The van der Waals surface area contributed by atoms with Crippen molar-refractivity contribution in [3.8, 4) is 11.1 Å². The lowest BCUT2D eigenvalue weighted by molar-refractivity contribution is -0.140. The summed E-state index contributed by atoms with van der Waals surface area (Å²) in [5.41, 5.74) is 2.74. The third-order valence-electron chi connectivity index (χ3n) is 4.15. The first-order chi connectivity index (χ1) is 13.0. The van der Waals surface area contributed by atoms with Gasteiger partial charge in [0, 0.05) is 10.7 Å². The van der Waals surface area contributed by atoms with E-state index in [1.165, 1.54) is 14.2 Å². The van der Waals surface area contributed by atoms with Gasteiger partial charge in [0.25, 0.3) is 0 Å². The molecule has 0 unspecified atom stereocenters. The minimum Gasteiger partial charge on any atom is -0.466 e. The number of nitrogens with zero attached hydrogens (tertiary/aromatic N) is 1. The fourth-order valence-electron chi connectivity index (χ4n) is 2.87. The average molecular weight is 388 g/mol. The summed E-state index contributed by atoms with van der Waals surface area (Å²) in [6, 6.07) is 14.9. The van der Waals surface area contributed by atoms with Gasteiger partial charge in [0.2, 0.25) is 0 Å². The maximum absolute atomic E-state index is 12.4. The van der Waals surface area contributed by atoms with Crippen molar-refractivity contribution >= 4 is 29.2 Å². The number of esters is 2. The number of hydrogen-bond donors (Lipinski definition) is 0. The Balaban J connectivity index is 2.07. The van der Waals surface area contributed by atoms with Gasteiger partial charge < -0.3 is 19.1 Å². The van der Waals surface area contributed by atoms with E-state index in [2.05, 4.69) is 0 Å². The van der Waals surface area contributed by atoms with Gasteiger partial charge in [-0.15, -0.1) is 0 Å². The summed E-state index contributed by atoms with van der Waals surface area (Å²) in [4.78, 5) is 26.1. The third kappa shape index (κ3) is 3.97. The van der Waals surface area contributed by atoms with Crippen molar-refractivity contribution in [2.24, 2.45) is 0 Å². The predicted octanol–water partition coefficient (Wildman–Crippen LogP) is 3.40. The van der Waals surface area contributed by atoms with Crippen molar-refractivity contribution in [3.63, 3.8) is 0 Å². The molecule has 0 saturated heterocycles. The van der Waals surface area contributed by atoms with E-state index in [0.717, 1.165) is 11.1 Å². The Hall–Kier alpha value is -2.83. The summed E-state index contributed by atoms with van der Waals surface area (Å²) in [6.07, 6.45) is 0. The lowest BCUT2D eigenvalue weighted by Gasteiger charge is -2.31. The smallest absolute Gasteiger partial charge is 0.355 e. The molecule has 0 spiro atoms. The van der Waals surface area contributed by atoms with E-state index in [1.807, 2.05) is 42.5 Å². The minimum atomic E-state index is -0.633. The van der Waals surface area contributed by atoms with E-state index in [4.69, 9.17) is 25.8 Å². The quantitative estimate of drug-likeness (QED) is 0.749. The Labute approximate surface area is 161 Å². The van der Waals surface area contributed by atoms with Crippen LogP contribution in [0.3, 0.4) is 0 Å². The molecule has 27 heavy (non-hydrogen) atoms. The van der Waals surface area contributed by atoms with Gasteiger partial charge >= 0.3 is 11.9 Å². The van der Waals surface area contributed by atoms with Gasteiger partial charge in [0.15, 0.2) is 0 Å². The number of carbonyl (C=O) groups is 2. The second-order valence-electron chi connectivity index (χ2n) is 5.78. The third-order valence-corrected chi connectivity index (χ3v) is 4.38. The van der Waals surface area contributed by atoms with Crippen molar-refractivity contribution in [2.75, 3.05) is 32.5 Å². The number of halogens is 1. The van der Waals surface area contributed by atoms with Crippen molar-refractivity contribution < 1.29 is 23.8 Å². The zero-order valence-electron chi connectivity index (χ0n) is 14.9. The molecule has 0 atom stereocenters. The van der Waals surface area contributed by atoms with Crippen molar-refractivity contribution in [1.82, 2.24) is 0 Å². The van der Waals surface area contributed by atoms with Crippen molar-refractivity contribution in [1.29, 1.82) is 0 Å². The van der Waals surface area contributed by atoms with Crippen LogP contribution < -0.4 is 4.90 Å². The summed E-state index contributed by atoms with van der Waals surface area (Å²) in [5, 5.41) is 0.627. The van der Waals surface area contributed by atoms with Crippen LogP contribution in [0.25, 0.3) is 11.1 Å². The highest BCUT2D eigenvalue weighted by molar-refractivity contribution is 6.30. The van der Waals surface area contributed by atoms with E-state index < -0.39 is 11.9 Å². The van der Waals surface area contributed by atoms with Gasteiger partial charge in [0.05, 0.1) is 26.4 Å². The molecule has 1 aliphatic rings. The molecule has 0 aliphatic carbocycles. The normalized spacial score (nSPS) is 14.1. The number of anilines is 1. The summed E-state index contributed by atoms with van der Waals surface area (Å²) in [6.45, 7) is 0.0749. The molecule has 0 amide bonds. The first-order valence-corrected chi connectivity index (χ1v) is 8.54. The Morgan fingerprint density at radius 2 is 1.67 bits per heavy atom. The molecule has 140 valence electrons. The zero-order chi connectivity index (χ0) is 19.4. The Morgan fingerprint density at radius 3 is 2.33 bits per heavy atom. The van der Waals surface area contributed by atoms with Crippen LogP contribution in [0.2, 0.25) is 5.02 Å². The fourth-order valence-corrected chi connectivity index (χ4v) is 3.06. The minimum absolute atomic E-state index is 0.0262. The van der Waals surface area contributed by atoms with Gasteiger partial charge in [-0.05, 0) is 35.4 Å². The highest BCUT2D eigenvalue weighted by Gasteiger charge is 2.32. The van der Waals surface area contributed by atoms with Crippen LogP contribution in [0.15, 0.2) is 59.8 Å². The Kier molecular flexibility index (Phi) is 5.78. The summed E-state index contributed by atoms with van der Waals surface area (Å²) in [7, 11) is 2.52. The summed E-state index contributed by atoms with van der Waals surface area (Å²) in [5.74, 6) is -1.27. The van der Waals surface area contributed by atoms with Crippen LogP contribution in [0.5, 0.6) is 0 Å². The molecular weight excluding hydrogens is 370 g/mol. The van der Waals surface area contributed by atoms with Gasteiger partial charge in [-0.1, -0.05) is 35.9 Å². The molecule has 0 aromatic heterocycles. The van der Waals surface area contributed by atoms with E-state index in [0.29, 0.717) is 10.7 Å².